The molecule has 1 amide bonds. The Morgan fingerprint density at radius 3 is 2.64 bits per heavy atom. The van der Waals surface area contributed by atoms with Gasteiger partial charge in [-0.15, -0.1) is 11.3 Å². The minimum Gasteiger partial charge on any atom is -0.491 e. The standard InChI is InChI=1S/C20H26N2O4S2/c1-15-6-7-17(16(2)14-15)26-12-9-21-20(23)19-18(8-13-27-19)28(24,25)22-10-4-3-5-11-22/h6-8,13-14H,3-5,9-12H2,1-2H3,(H,21,23). The lowest BCUT2D eigenvalue weighted by Gasteiger charge is -2.25. The molecule has 2 aromatic rings. The number of aryl methyl sites for hydroxylation is 2. The number of hydrogen-bond acceptors (Lipinski definition) is 5. The molecule has 1 aromatic heterocycles. The number of sulfonamides is 1. The predicted molar refractivity (Wildman–Crippen MR) is 111 cm³/mol. The molecule has 28 heavy (non-hydrogen) atoms. The van der Waals surface area contributed by atoms with Crippen molar-refractivity contribution in [2.75, 3.05) is 26.2 Å². The summed E-state index contributed by atoms with van der Waals surface area (Å²) < 4.78 is 33.0. The van der Waals surface area contributed by atoms with Gasteiger partial charge in [-0.25, -0.2) is 8.42 Å². The van der Waals surface area contributed by atoms with Crippen LogP contribution in [0.5, 0.6) is 5.75 Å². The third-order valence-corrected chi connectivity index (χ3v) is 7.73. The monoisotopic (exact) mass is 422 g/mol. The number of nitrogens with one attached hydrogen (secondary N) is 1. The van der Waals surface area contributed by atoms with Gasteiger partial charge in [0.25, 0.3) is 5.91 Å². The zero-order valence-electron chi connectivity index (χ0n) is 16.2. The minimum atomic E-state index is -3.63. The molecule has 0 saturated carbocycles. The third-order valence-electron chi connectivity index (χ3n) is 4.74. The smallest absolute Gasteiger partial charge is 0.262 e. The second-order valence-corrected chi connectivity index (χ2v) is 9.77. The van der Waals surface area contributed by atoms with E-state index in [4.69, 9.17) is 4.74 Å². The molecular formula is C20H26N2O4S2. The summed E-state index contributed by atoms with van der Waals surface area (Å²) >= 11 is 1.15. The van der Waals surface area contributed by atoms with Crippen LogP contribution in [0.2, 0.25) is 0 Å². The molecule has 2 heterocycles. The molecule has 0 unspecified atom stereocenters. The zero-order chi connectivity index (χ0) is 20.1. The summed E-state index contributed by atoms with van der Waals surface area (Å²) in [5, 5.41) is 4.42. The van der Waals surface area contributed by atoms with E-state index in [1.54, 1.807) is 5.38 Å². The van der Waals surface area contributed by atoms with Gasteiger partial charge in [0, 0.05) is 13.1 Å². The Bertz CT molecular complexity index is 931. The average Bonchev–Trinajstić information content (AvgIpc) is 3.18. The van der Waals surface area contributed by atoms with Gasteiger partial charge in [0.1, 0.15) is 22.1 Å². The van der Waals surface area contributed by atoms with E-state index in [1.807, 2.05) is 32.0 Å². The molecule has 1 N–H and O–H groups in total. The number of piperidine rings is 1. The SMILES string of the molecule is Cc1ccc(OCCNC(=O)c2sccc2S(=O)(=O)N2CCCCC2)c(C)c1. The highest BCUT2D eigenvalue weighted by Crippen LogP contribution is 2.27. The molecule has 152 valence electrons. The fourth-order valence-corrected chi connectivity index (χ4v) is 6.11. The fraction of sp³-hybridized carbons (Fsp3) is 0.450. The van der Waals surface area contributed by atoms with Crippen LogP contribution in [0, 0.1) is 13.8 Å². The maximum atomic E-state index is 12.9. The van der Waals surface area contributed by atoms with Crippen molar-refractivity contribution in [3.05, 3.63) is 45.6 Å². The number of rotatable bonds is 7. The lowest BCUT2D eigenvalue weighted by atomic mass is 10.1. The Morgan fingerprint density at radius 2 is 1.93 bits per heavy atom. The zero-order valence-corrected chi connectivity index (χ0v) is 17.9. The number of hydrogen-bond donors (Lipinski definition) is 1. The molecule has 1 fully saturated rings. The highest BCUT2D eigenvalue weighted by Gasteiger charge is 2.30. The molecule has 0 aliphatic carbocycles. The Hall–Kier alpha value is -1.90. The molecular weight excluding hydrogens is 396 g/mol. The normalized spacial score (nSPS) is 15.4. The quantitative estimate of drug-likeness (QED) is 0.695. The highest BCUT2D eigenvalue weighted by molar-refractivity contribution is 7.89. The Kier molecular flexibility index (Phi) is 6.74. The van der Waals surface area contributed by atoms with Crippen molar-refractivity contribution < 1.29 is 17.9 Å². The fourth-order valence-electron chi connectivity index (χ4n) is 3.28. The van der Waals surface area contributed by atoms with Crippen molar-refractivity contribution in [2.45, 2.75) is 38.0 Å². The third kappa shape index (κ3) is 4.74. The molecule has 0 bridgehead atoms. The van der Waals surface area contributed by atoms with Crippen molar-refractivity contribution in [2.24, 2.45) is 0 Å². The predicted octanol–water partition coefficient (Wildman–Crippen LogP) is 3.35. The lowest BCUT2D eigenvalue weighted by molar-refractivity contribution is 0.0948. The summed E-state index contributed by atoms with van der Waals surface area (Å²) in [5.74, 6) is 0.402. The van der Waals surface area contributed by atoms with E-state index in [9.17, 15) is 13.2 Å². The maximum absolute atomic E-state index is 12.9. The maximum Gasteiger partial charge on any atom is 0.262 e. The van der Waals surface area contributed by atoms with Gasteiger partial charge in [0.05, 0.1) is 6.54 Å². The van der Waals surface area contributed by atoms with Crippen molar-refractivity contribution >= 4 is 27.3 Å². The highest BCUT2D eigenvalue weighted by atomic mass is 32.2. The Labute approximate surface area is 170 Å². The van der Waals surface area contributed by atoms with E-state index < -0.39 is 10.0 Å². The number of ether oxygens (including phenoxy) is 1. The summed E-state index contributed by atoms with van der Waals surface area (Å²) in [4.78, 5) is 12.9. The number of nitrogens with zero attached hydrogens (tertiary/aromatic N) is 1. The summed E-state index contributed by atoms with van der Waals surface area (Å²) in [6.07, 6.45) is 2.77. The number of thiophene rings is 1. The molecule has 8 heteroatoms. The molecule has 0 spiro atoms. The first-order valence-electron chi connectivity index (χ1n) is 9.45. The van der Waals surface area contributed by atoms with Crippen LogP contribution in [0.3, 0.4) is 0 Å². The van der Waals surface area contributed by atoms with Gasteiger partial charge in [-0.2, -0.15) is 4.31 Å². The molecule has 3 rings (SSSR count). The molecule has 1 saturated heterocycles. The van der Waals surface area contributed by atoms with E-state index in [1.165, 1.54) is 15.9 Å². The minimum absolute atomic E-state index is 0.104. The van der Waals surface area contributed by atoms with Crippen LogP contribution in [0.25, 0.3) is 0 Å². The second kappa shape index (κ2) is 9.07. The summed E-state index contributed by atoms with van der Waals surface area (Å²) in [7, 11) is -3.63. The van der Waals surface area contributed by atoms with Gasteiger partial charge in [0.15, 0.2) is 0 Å². The summed E-state index contributed by atoms with van der Waals surface area (Å²) in [6, 6.07) is 7.45. The number of carbonyl (C=O) groups excluding carboxylic acids is 1. The number of benzene rings is 1. The first-order valence-corrected chi connectivity index (χ1v) is 11.8. The molecule has 1 aromatic carbocycles. The van der Waals surface area contributed by atoms with Gasteiger partial charge in [-0.05, 0) is 49.8 Å². The Morgan fingerprint density at radius 1 is 1.18 bits per heavy atom. The van der Waals surface area contributed by atoms with Crippen LogP contribution in [0.15, 0.2) is 34.5 Å². The lowest BCUT2D eigenvalue weighted by Crippen LogP contribution is -2.36. The van der Waals surface area contributed by atoms with Crippen LogP contribution in [-0.4, -0.2) is 44.9 Å². The van der Waals surface area contributed by atoms with Crippen LogP contribution in [0.1, 0.15) is 40.1 Å². The molecule has 0 atom stereocenters. The number of carbonyl (C=O) groups is 1. The molecule has 0 radical (unpaired) electrons. The van der Waals surface area contributed by atoms with Crippen molar-refractivity contribution in [1.29, 1.82) is 0 Å². The van der Waals surface area contributed by atoms with Gasteiger partial charge >= 0.3 is 0 Å². The van der Waals surface area contributed by atoms with E-state index in [0.717, 1.165) is 41.9 Å². The van der Waals surface area contributed by atoms with Gasteiger partial charge in [0.2, 0.25) is 10.0 Å². The largest absolute Gasteiger partial charge is 0.491 e. The van der Waals surface area contributed by atoms with Crippen molar-refractivity contribution in [1.82, 2.24) is 9.62 Å². The van der Waals surface area contributed by atoms with Gasteiger partial charge < -0.3 is 10.1 Å². The van der Waals surface area contributed by atoms with Crippen molar-refractivity contribution in [3.63, 3.8) is 0 Å². The van der Waals surface area contributed by atoms with Crippen LogP contribution in [0.4, 0.5) is 0 Å². The molecule has 6 nitrogen and oxygen atoms in total. The first kappa shape index (κ1) is 20.8. The van der Waals surface area contributed by atoms with E-state index >= 15 is 0 Å². The van der Waals surface area contributed by atoms with Crippen molar-refractivity contribution in [3.8, 4) is 5.75 Å². The summed E-state index contributed by atoms with van der Waals surface area (Å²) in [6.45, 7) is 5.65. The van der Waals surface area contributed by atoms with E-state index in [2.05, 4.69) is 5.32 Å². The summed E-state index contributed by atoms with van der Waals surface area (Å²) in [5.41, 5.74) is 2.21. The van der Waals surface area contributed by atoms with Crippen LogP contribution in [-0.2, 0) is 10.0 Å². The molecule has 1 aliphatic rings. The van der Waals surface area contributed by atoms with Gasteiger partial charge in [-0.3, -0.25) is 4.79 Å². The Balaban J connectivity index is 1.59. The van der Waals surface area contributed by atoms with Crippen LogP contribution >= 0.6 is 11.3 Å². The van der Waals surface area contributed by atoms with E-state index in [0.29, 0.717) is 26.2 Å². The average molecular weight is 423 g/mol. The number of amides is 1. The first-order chi connectivity index (χ1) is 13.4. The van der Waals surface area contributed by atoms with E-state index in [-0.39, 0.29) is 15.7 Å². The topological polar surface area (TPSA) is 75.7 Å². The van der Waals surface area contributed by atoms with Gasteiger partial charge in [-0.1, -0.05) is 24.1 Å². The second-order valence-electron chi connectivity index (χ2n) is 6.95. The van der Waals surface area contributed by atoms with Crippen LogP contribution < -0.4 is 10.1 Å². The molecule has 1 aliphatic heterocycles.